The minimum atomic E-state index is 0.0776. The topological polar surface area (TPSA) is 32.3 Å². The van der Waals surface area contributed by atoms with Crippen LogP contribution in [0.3, 0.4) is 0 Å². The van der Waals surface area contributed by atoms with E-state index in [9.17, 15) is 4.79 Å². The summed E-state index contributed by atoms with van der Waals surface area (Å²) < 4.78 is 0. The summed E-state index contributed by atoms with van der Waals surface area (Å²) in [7, 11) is 0. The Morgan fingerprint density at radius 1 is 1.12 bits per heavy atom. The fraction of sp³-hybridized carbons (Fsp3) is 0.500. The van der Waals surface area contributed by atoms with E-state index in [2.05, 4.69) is 16.3 Å². The molecule has 90 valence electrons. The number of hydrogen-bond acceptors (Lipinski definition) is 2. The Bertz CT molecular complexity index is 424. The first kappa shape index (κ1) is 10.8. The van der Waals surface area contributed by atoms with Crippen LogP contribution in [0.1, 0.15) is 41.2 Å². The minimum absolute atomic E-state index is 0.0776. The molecule has 3 heteroatoms. The molecule has 1 aromatic rings. The molecule has 1 fully saturated rings. The zero-order chi connectivity index (χ0) is 11.7. The van der Waals surface area contributed by atoms with Gasteiger partial charge in [0, 0.05) is 12.1 Å². The average Bonchev–Trinajstić information content (AvgIpc) is 2.41. The van der Waals surface area contributed by atoms with E-state index in [0.29, 0.717) is 6.04 Å². The number of hydrogen-bond donors (Lipinski definition) is 1. The van der Waals surface area contributed by atoms with Gasteiger partial charge in [-0.05, 0) is 37.6 Å². The number of nitrogens with one attached hydrogen (secondary N) is 1. The van der Waals surface area contributed by atoms with Crippen LogP contribution in [0.4, 0.5) is 0 Å². The van der Waals surface area contributed by atoms with Crippen LogP contribution in [-0.4, -0.2) is 30.4 Å². The molecule has 3 nitrogen and oxygen atoms in total. The fourth-order valence-electron chi connectivity index (χ4n) is 2.94. The minimum Gasteiger partial charge on any atom is -0.350 e. The second-order valence-corrected chi connectivity index (χ2v) is 4.91. The molecular formula is C14H18N2O. The smallest absolute Gasteiger partial charge is 0.251 e. The molecule has 1 unspecified atom stereocenters. The van der Waals surface area contributed by atoms with Gasteiger partial charge in [0.15, 0.2) is 0 Å². The van der Waals surface area contributed by atoms with E-state index < -0.39 is 0 Å². The Balaban J connectivity index is 1.91. The van der Waals surface area contributed by atoms with Crippen LogP contribution >= 0.6 is 0 Å². The first-order chi connectivity index (χ1) is 8.36. The predicted octanol–water partition coefficient (Wildman–Crippen LogP) is 1.96. The molecule has 1 N–H and O–H groups in total. The van der Waals surface area contributed by atoms with Gasteiger partial charge in [0.1, 0.15) is 0 Å². The maximum atomic E-state index is 11.8. The molecule has 0 spiro atoms. The molecule has 1 aromatic carbocycles. The van der Waals surface area contributed by atoms with E-state index in [1.807, 2.05) is 18.2 Å². The molecule has 2 heterocycles. The molecule has 0 aliphatic carbocycles. The molecular weight excluding hydrogens is 212 g/mol. The SMILES string of the molecule is O=C1NCC(N2CCCCC2)c2ccccc21. The van der Waals surface area contributed by atoms with Gasteiger partial charge >= 0.3 is 0 Å². The molecule has 0 radical (unpaired) electrons. The lowest BCUT2D eigenvalue weighted by Crippen LogP contribution is -2.44. The van der Waals surface area contributed by atoms with Gasteiger partial charge in [-0.25, -0.2) is 0 Å². The number of nitrogens with zero attached hydrogens (tertiary/aromatic N) is 1. The van der Waals surface area contributed by atoms with Gasteiger partial charge in [0.2, 0.25) is 0 Å². The quantitative estimate of drug-likeness (QED) is 0.800. The lowest BCUT2D eigenvalue weighted by atomic mass is 9.93. The van der Waals surface area contributed by atoms with Crippen molar-refractivity contribution >= 4 is 5.91 Å². The van der Waals surface area contributed by atoms with Gasteiger partial charge in [-0.3, -0.25) is 9.69 Å². The summed E-state index contributed by atoms with van der Waals surface area (Å²) in [4.78, 5) is 14.3. The summed E-state index contributed by atoms with van der Waals surface area (Å²) >= 11 is 0. The van der Waals surface area contributed by atoms with E-state index in [0.717, 1.165) is 25.2 Å². The highest BCUT2D eigenvalue weighted by atomic mass is 16.1. The molecule has 17 heavy (non-hydrogen) atoms. The molecule has 1 atom stereocenters. The Kier molecular flexibility index (Phi) is 2.85. The first-order valence-corrected chi connectivity index (χ1v) is 6.47. The summed E-state index contributed by atoms with van der Waals surface area (Å²) in [6, 6.07) is 8.39. The second-order valence-electron chi connectivity index (χ2n) is 4.91. The van der Waals surface area contributed by atoms with Crippen molar-refractivity contribution in [2.24, 2.45) is 0 Å². The van der Waals surface area contributed by atoms with Gasteiger partial charge in [-0.2, -0.15) is 0 Å². The highest BCUT2D eigenvalue weighted by Crippen LogP contribution is 2.29. The summed E-state index contributed by atoms with van der Waals surface area (Å²) in [6.07, 6.45) is 3.91. The van der Waals surface area contributed by atoms with Crippen LogP contribution < -0.4 is 5.32 Å². The summed E-state index contributed by atoms with van der Waals surface area (Å²) in [5, 5.41) is 3.00. The number of fused-ring (bicyclic) bond motifs is 1. The van der Waals surface area contributed by atoms with Crippen LogP contribution in [0.2, 0.25) is 0 Å². The van der Waals surface area contributed by atoms with Crippen molar-refractivity contribution < 1.29 is 4.79 Å². The van der Waals surface area contributed by atoms with Crippen molar-refractivity contribution in [2.45, 2.75) is 25.3 Å². The van der Waals surface area contributed by atoms with Crippen molar-refractivity contribution in [2.75, 3.05) is 19.6 Å². The third kappa shape index (κ3) is 1.95. The third-order valence-electron chi connectivity index (χ3n) is 3.85. The number of rotatable bonds is 1. The van der Waals surface area contributed by atoms with Gasteiger partial charge in [0.25, 0.3) is 5.91 Å². The molecule has 0 aromatic heterocycles. The van der Waals surface area contributed by atoms with E-state index in [4.69, 9.17) is 0 Å². The number of carbonyl (C=O) groups is 1. The predicted molar refractivity (Wildman–Crippen MR) is 66.9 cm³/mol. The van der Waals surface area contributed by atoms with E-state index in [1.54, 1.807) is 0 Å². The van der Waals surface area contributed by atoms with Crippen LogP contribution in [0.15, 0.2) is 24.3 Å². The number of piperidine rings is 1. The van der Waals surface area contributed by atoms with Crippen molar-refractivity contribution in [3.63, 3.8) is 0 Å². The van der Waals surface area contributed by atoms with Crippen LogP contribution in [0.5, 0.6) is 0 Å². The van der Waals surface area contributed by atoms with E-state index in [1.165, 1.54) is 24.8 Å². The van der Waals surface area contributed by atoms with Crippen molar-refractivity contribution in [3.8, 4) is 0 Å². The van der Waals surface area contributed by atoms with Gasteiger partial charge in [0.05, 0.1) is 6.04 Å². The van der Waals surface area contributed by atoms with E-state index >= 15 is 0 Å². The molecule has 0 bridgehead atoms. The number of amides is 1. The highest BCUT2D eigenvalue weighted by Gasteiger charge is 2.29. The number of carbonyl (C=O) groups excluding carboxylic acids is 1. The summed E-state index contributed by atoms with van der Waals surface area (Å²) in [5.41, 5.74) is 2.06. The third-order valence-corrected chi connectivity index (χ3v) is 3.85. The Hall–Kier alpha value is -1.35. The first-order valence-electron chi connectivity index (χ1n) is 6.47. The molecule has 3 rings (SSSR count). The molecule has 0 saturated carbocycles. The summed E-state index contributed by atoms with van der Waals surface area (Å²) in [5.74, 6) is 0.0776. The average molecular weight is 230 g/mol. The van der Waals surface area contributed by atoms with Crippen molar-refractivity contribution in [1.29, 1.82) is 0 Å². The summed E-state index contributed by atoms with van der Waals surface area (Å²) in [6.45, 7) is 3.08. The highest BCUT2D eigenvalue weighted by molar-refractivity contribution is 5.97. The monoisotopic (exact) mass is 230 g/mol. The largest absolute Gasteiger partial charge is 0.350 e. The Morgan fingerprint density at radius 2 is 1.88 bits per heavy atom. The standard InChI is InChI=1S/C14H18N2O/c17-14-12-7-3-2-6-11(12)13(10-15-14)16-8-4-1-5-9-16/h2-3,6-7,13H,1,4-5,8-10H2,(H,15,17). The van der Waals surface area contributed by atoms with Crippen molar-refractivity contribution in [3.05, 3.63) is 35.4 Å². The lowest BCUT2D eigenvalue weighted by molar-refractivity contribution is 0.0890. The van der Waals surface area contributed by atoms with Gasteiger partial charge < -0.3 is 5.32 Å². The lowest BCUT2D eigenvalue weighted by Gasteiger charge is -2.37. The molecule has 1 saturated heterocycles. The second kappa shape index (κ2) is 4.49. The Labute approximate surface area is 102 Å². The molecule has 1 amide bonds. The van der Waals surface area contributed by atoms with Crippen molar-refractivity contribution in [1.82, 2.24) is 10.2 Å². The Morgan fingerprint density at radius 3 is 2.71 bits per heavy atom. The normalized spacial score (nSPS) is 25.2. The molecule has 2 aliphatic rings. The van der Waals surface area contributed by atoms with Gasteiger partial charge in [-0.15, -0.1) is 0 Å². The van der Waals surface area contributed by atoms with Crippen LogP contribution in [-0.2, 0) is 0 Å². The van der Waals surface area contributed by atoms with Crippen LogP contribution in [0, 0.1) is 0 Å². The van der Waals surface area contributed by atoms with Crippen LogP contribution in [0.25, 0.3) is 0 Å². The fourth-order valence-corrected chi connectivity index (χ4v) is 2.94. The maximum Gasteiger partial charge on any atom is 0.251 e. The number of likely N-dealkylation sites (tertiary alicyclic amines) is 1. The number of benzene rings is 1. The zero-order valence-corrected chi connectivity index (χ0v) is 9.98. The molecule has 2 aliphatic heterocycles. The van der Waals surface area contributed by atoms with Gasteiger partial charge in [-0.1, -0.05) is 24.6 Å². The maximum absolute atomic E-state index is 11.8. The van der Waals surface area contributed by atoms with E-state index in [-0.39, 0.29) is 5.91 Å². The zero-order valence-electron chi connectivity index (χ0n) is 9.98.